The molecule has 0 spiro atoms. The van der Waals surface area contributed by atoms with Crippen LogP contribution in [0, 0.1) is 0 Å². The molecule has 164 valence electrons. The van der Waals surface area contributed by atoms with Gasteiger partial charge in [0.05, 0.1) is 26.6 Å². The summed E-state index contributed by atoms with van der Waals surface area (Å²) >= 11 is 1.52. The summed E-state index contributed by atoms with van der Waals surface area (Å²) in [6.07, 6.45) is 3.78. The highest BCUT2D eigenvalue weighted by Crippen LogP contribution is 2.10. The topological polar surface area (TPSA) is 101 Å². The van der Waals surface area contributed by atoms with Crippen LogP contribution < -0.4 is 20.3 Å². The van der Waals surface area contributed by atoms with Crippen molar-refractivity contribution < 1.29 is 19.1 Å². The van der Waals surface area contributed by atoms with E-state index in [9.17, 15) is 9.59 Å². The Morgan fingerprint density at radius 1 is 0.774 bits per heavy atom. The third-order valence-corrected chi connectivity index (χ3v) is 4.97. The van der Waals surface area contributed by atoms with Crippen LogP contribution in [-0.2, 0) is 9.59 Å². The standard InChI is InChI=1S/C22H26N4O4S/c1-29-19-7-3-17(4-8-19)15-23-25-21(27)11-13-31-14-12-22(28)26-24-16-18-5-9-20(30-2)10-6-18/h3-10,15-16H,11-14H2,1-2H3,(H,25,27)(H,26,28)/b23-15+,24-16+. The summed E-state index contributed by atoms with van der Waals surface area (Å²) in [7, 11) is 3.21. The van der Waals surface area contributed by atoms with Crippen molar-refractivity contribution in [1.29, 1.82) is 0 Å². The second-order valence-electron chi connectivity index (χ2n) is 6.25. The van der Waals surface area contributed by atoms with E-state index in [0.29, 0.717) is 24.3 Å². The van der Waals surface area contributed by atoms with Gasteiger partial charge in [-0.05, 0) is 59.7 Å². The summed E-state index contributed by atoms with van der Waals surface area (Å²) in [5.74, 6) is 2.38. The Balaban J connectivity index is 1.54. The lowest BCUT2D eigenvalue weighted by atomic mass is 10.2. The first-order valence-corrected chi connectivity index (χ1v) is 10.8. The predicted octanol–water partition coefficient (Wildman–Crippen LogP) is 2.82. The Kier molecular flexibility index (Phi) is 10.7. The first kappa shape index (κ1) is 23.9. The molecule has 0 saturated carbocycles. The molecule has 2 aromatic carbocycles. The summed E-state index contributed by atoms with van der Waals surface area (Å²) in [5, 5.41) is 7.86. The molecule has 0 aliphatic heterocycles. The molecular formula is C22H26N4O4S. The van der Waals surface area contributed by atoms with Crippen LogP contribution in [0.1, 0.15) is 24.0 Å². The van der Waals surface area contributed by atoms with E-state index in [1.807, 2.05) is 48.5 Å². The largest absolute Gasteiger partial charge is 0.497 e. The molecule has 0 fully saturated rings. The normalized spacial score (nSPS) is 10.9. The highest BCUT2D eigenvalue weighted by molar-refractivity contribution is 7.99. The van der Waals surface area contributed by atoms with Crippen molar-refractivity contribution in [3.8, 4) is 11.5 Å². The number of carbonyl (C=O) groups is 2. The van der Waals surface area contributed by atoms with Crippen LogP contribution in [0.25, 0.3) is 0 Å². The lowest BCUT2D eigenvalue weighted by molar-refractivity contribution is -0.121. The van der Waals surface area contributed by atoms with Crippen molar-refractivity contribution in [3.05, 3.63) is 59.7 Å². The van der Waals surface area contributed by atoms with Crippen LogP contribution in [0.4, 0.5) is 0 Å². The van der Waals surface area contributed by atoms with Crippen LogP contribution in [-0.4, -0.2) is 50.0 Å². The molecule has 0 atom stereocenters. The molecule has 0 unspecified atom stereocenters. The summed E-state index contributed by atoms with van der Waals surface area (Å²) in [6, 6.07) is 14.7. The number of nitrogens with one attached hydrogen (secondary N) is 2. The molecule has 0 heterocycles. The molecule has 2 aromatic rings. The Hall–Kier alpha value is -3.33. The number of ether oxygens (including phenoxy) is 2. The number of carbonyl (C=O) groups excluding carboxylic acids is 2. The molecule has 2 amide bonds. The summed E-state index contributed by atoms with van der Waals surface area (Å²) in [4.78, 5) is 23.6. The average Bonchev–Trinajstić information content (AvgIpc) is 2.80. The third-order valence-electron chi connectivity index (χ3n) is 3.98. The van der Waals surface area contributed by atoms with Crippen molar-refractivity contribution in [3.63, 3.8) is 0 Å². The SMILES string of the molecule is COc1ccc(/C=N/NC(=O)CCSCCC(=O)N/N=C/c2ccc(OC)cc2)cc1. The van der Waals surface area contributed by atoms with E-state index in [1.165, 1.54) is 11.8 Å². The first-order valence-electron chi connectivity index (χ1n) is 9.60. The minimum atomic E-state index is -0.175. The van der Waals surface area contributed by atoms with Gasteiger partial charge < -0.3 is 9.47 Å². The van der Waals surface area contributed by atoms with Crippen LogP contribution in [0.3, 0.4) is 0 Å². The number of nitrogens with zero attached hydrogens (tertiary/aromatic N) is 2. The smallest absolute Gasteiger partial charge is 0.240 e. The second-order valence-corrected chi connectivity index (χ2v) is 7.47. The molecule has 8 nitrogen and oxygen atoms in total. The van der Waals surface area contributed by atoms with Gasteiger partial charge in [-0.3, -0.25) is 9.59 Å². The number of benzene rings is 2. The van der Waals surface area contributed by atoms with Crippen LogP contribution in [0.2, 0.25) is 0 Å². The highest BCUT2D eigenvalue weighted by atomic mass is 32.2. The maximum atomic E-state index is 11.8. The van der Waals surface area contributed by atoms with E-state index in [2.05, 4.69) is 21.1 Å². The number of hydrogen-bond donors (Lipinski definition) is 2. The minimum Gasteiger partial charge on any atom is -0.497 e. The minimum absolute atomic E-state index is 0.175. The lowest BCUT2D eigenvalue weighted by Gasteiger charge is -2.02. The average molecular weight is 443 g/mol. The van der Waals surface area contributed by atoms with Crippen molar-refractivity contribution in [1.82, 2.24) is 10.9 Å². The molecular weight excluding hydrogens is 416 g/mol. The maximum Gasteiger partial charge on any atom is 0.240 e. The zero-order valence-corrected chi connectivity index (χ0v) is 18.4. The number of rotatable bonds is 12. The quantitative estimate of drug-likeness (QED) is 0.299. The van der Waals surface area contributed by atoms with E-state index in [-0.39, 0.29) is 11.8 Å². The molecule has 0 aromatic heterocycles. The van der Waals surface area contributed by atoms with Crippen LogP contribution in [0.15, 0.2) is 58.7 Å². The molecule has 0 bridgehead atoms. The lowest BCUT2D eigenvalue weighted by Crippen LogP contribution is -2.19. The predicted molar refractivity (Wildman–Crippen MR) is 124 cm³/mol. The van der Waals surface area contributed by atoms with E-state index in [1.54, 1.807) is 26.6 Å². The van der Waals surface area contributed by atoms with Gasteiger partial charge in [-0.2, -0.15) is 22.0 Å². The van der Waals surface area contributed by atoms with Crippen molar-refractivity contribution in [2.24, 2.45) is 10.2 Å². The van der Waals surface area contributed by atoms with Gasteiger partial charge in [0.1, 0.15) is 11.5 Å². The van der Waals surface area contributed by atoms with E-state index < -0.39 is 0 Å². The van der Waals surface area contributed by atoms with E-state index in [4.69, 9.17) is 9.47 Å². The van der Waals surface area contributed by atoms with Gasteiger partial charge >= 0.3 is 0 Å². The highest BCUT2D eigenvalue weighted by Gasteiger charge is 2.02. The van der Waals surface area contributed by atoms with Gasteiger partial charge in [0.25, 0.3) is 0 Å². The summed E-state index contributed by atoms with van der Waals surface area (Å²) in [6.45, 7) is 0. The van der Waals surface area contributed by atoms with Gasteiger partial charge in [0.15, 0.2) is 0 Å². The van der Waals surface area contributed by atoms with E-state index in [0.717, 1.165) is 22.6 Å². The maximum absolute atomic E-state index is 11.8. The summed E-state index contributed by atoms with van der Waals surface area (Å²) < 4.78 is 10.2. The summed E-state index contributed by atoms with van der Waals surface area (Å²) in [5.41, 5.74) is 6.69. The van der Waals surface area contributed by atoms with Crippen molar-refractivity contribution >= 4 is 36.0 Å². The van der Waals surface area contributed by atoms with Crippen LogP contribution >= 0.6 is 11.8 Å². The number of hydrazone groups is 2. The van der Waals surface area contributed by atoms with E-state index >= 15 is 0 Å². The van der Waals surface area contributed by atoms with Crippen LogP contribution in [0.5, 0.6) is 11.5 Å². The Morgan fingerprint density at radius 3 is 1.52 bits per heavy atom. The van der Waals surface area contributed by atoms with Crippen molar-refractivity contribution in [2.45, 2.75) is 12.8 Å². The van der Waals surface area contributed by atoms with Gasteiger partial charge in [0.2, 0.25) is 11.8 Å². The molecule has 9 heteroatoms. The molecule has 0 saturated heterocycles. The fourth-order valence-electron chi connectivity index (χ4n) is 2.28. The van der Waals surface area contributed by atoms with Gasteiger partial charge in [-0.15, -0.1) is 0 Å². The first-order chi connectivity index (χ1) is 15.1. The molecule has 31 heavy (non-hydrogen) atoms. The van der Waals surface area contributed by atoms with Crippen molar-refractivity contribution in [2.75, 3.05) is 25.7 Å². The number of amides is 2. The van der Waals surface area contributed by atoms with Gasteiger partial charge in [-0.1, -0.05) is 0 Å². The Morgan fingerprint density at radius 2 is 1.16 bits per heavy atom. The molecule has 2 rings (SSSR count). The zero-order valence-electron chi connectivity index (χ0n) is 17.5. The fourth-order valence-corrected chi connectivity index (χ4v) is 3.14. The molecule has 0 radical (unpaired) electrons. The van der Waals surface area contributed by atoms with Gasteiger partial charge in [0, 0.05) is 24.3 Å². The molecule has 2 N–H and O–H groups in total. The zero-order chi connectivity index (χ0) is 22.3. The number of hydrogen-bond acceptors (Lipinski definition) is 7. The van der Waals surface area contributed by atoms with Gasteiger partial charge in [-0.25, -0.2) is 10.9 Å². The monoisotopic (exact) mass is 442 g/mol. The molecule has 0 aliphatic carbocycles. The number of thioether (sulfide) groups is 1. The molecule has 0 aliphatic rings. The number of methoxy groups -OCH3 is 2. The Labute approximate surface area is 186 Å². The third kappa shape index (κ3) is 9.81. The second kappa shape index (κ2) is 13.8. The Bertz CT molecular complexity index is 810. The fraction of sp³-hybridized carbons (Fsp3) is 0.273.